The number of likely N-dealkylation sites (tertiary alicyclic amines) is 1. The van der Waals surface area contributed by atoms with Crippen LogP contribution in [0.25, 0.3) is 0 Å². The van der Waals surface area contributed by atoms with E-state index in [2.05, 4.69) is 15.3 Å². The number of halogens is 3. The van der Waals surface area contributed by atoms with Gasteiger partial charge in [0.1, 0.15) is 5.60 Å². The average Bonchev–Trinajstić information content (AvgIpc) is 2.77. The number of amides is 1. The largest absolute Gasteiger partial charge is 0.419 e. The Morgan fingerprint density at radius 3 is 2.31 bits per heavy atom. The molecule has 0 unspecified atom stereocenters. The second kappa shape index (κ2) is 9.03. The van der Waals surface area contributed by atoms with Crippen molar-refractivity contribution in [2.75, 3.05) is 38.2 Å². The average molecular weight is 450 g/mol. The highest BCUT2D eigenvalue weighted by atomic mass is 19.4. The van der Waals surface area contributed by atoms with E-state index in [1.54, 1.807) is 24.3 Å². The fourth-order valence-corrected chi connectivity index (χ4v) is 3.95. The number of hydrogen-bond donors (Lipinski definition) is 2. The predicted octanol–water partition coefficient (Wildman–Crippen LogP) is 3.07. The smallest absolute Gasteiger partial charge is 0.380 e. The van der Waals surface area contributed by atoms with Gasteiger partial charge in [-0.1, -0.05) is 12.1 Å². The molecule has 2 aliphatic heterocycles. The summed E-state index contributed by atoms with van der Waals surface area (Å²) >= 11 is 0. The van der Waals surface area contributed by atoms with Crippen LogP contribution in [-0.2, 0) is 16.5 Å². The molecule has 0 saturated carbocycles. The molecule has 2 fully saturated rings. The number of benzene rings is 1. The highest BCUT2D eigenvalue weighted by molar-refractivity contribution is 5.94. The zero-order valence-electron chi connectivity index (χ0n) is 17.4. The van der Waals surface area contributed by atoms with Crippen LogP contribution in [0.4, 0.5) is 19.1 Å². The third-order valence-electron chi connectivity index (χ3n) is 6.07. The summed E-state index contributed by atoms with van der Waals surface area (Å²) in [6, 6.07) is 7.04. The molecule has 2 N–H and O–H groups in total. The van der Waals surface area contributed by atoms with E-state index in [0.29, 0.717) is 31.1 Å². The molecule has 3 heterocycles. The number of rotatable bonds is 6. The van der Waals surface area contributed by atoms with Gasteiger partial charge in [0, 0.05) is 37.6 Å². The van der Waals surface area contributed by atoms with Crippen molar-refractivity contribution in [3.63, 3.8) is 0 Å². The molecule has 1 aromatic carbocycles. The molecule has 4 rings (SSSR count). The number of nitrogens with zero attached hydrogens (tertiary/aromatic N) is 3. The highest BCUT2D eigenvalue weighted by Crippen LogP contribution is 2.30. The Morgan fingerprint density at radius 1 is 1.16 bits per heavy atom. The van der Waals surface area contributed by atoms with Gasteiger partial charge in [-0.2, -0.15) is 13.2 Å². The Labute approximate surface area is 183 Å². The Hall–Kier alpha value is -2.72. The van der Waals surface area contributed by atoms with Crippen molar-refractivity contribution in [2.45, 2.75) is 31.0 Å². The number of carbonyl (C=O) groups is 1. The predicted molar refractivity (Wildman–Crippen MR) is 110 cm³/mol. The maximum Gasteiger partial charge on any atom is 0.419 e. The first kappa shape index (κ1) is 22.5. The van der Waals surface area contributed by atoms with Gasteiger partial charge < -0.3 is 20.1 Å². The fourth-order valence-electron chi connectivity index (χ4n) is 3.95. The van der Waals surface area contributed by atoms with Gasteiger partial charge in [0.2, 0.25) is 5.95 Å². The number of alkyl halides is 3. The molecule has 1 amide bonds. The summed E-state index contributed by atoms with van der Waals surface area (Å²) in [5.41, 5.74) is -0.470. The number of aromatic nitrogens is 2. The number of nitrogens with one attached hydrogen (secondary N) is 1. The van der Waals surface area contributed by atoms with Crippen LogP contribution < -0.4 is 5.32 Å². The molecule has 172 valence electrons. The van der Waals surface area contributed by atoms with Crippen LogP contribution in [0.1, 0.15) is 40.7 Å². The first-order valence-corrected chi connectivity index (χ1v) is 10.6. The molecular formula is C22H25F3N4O3. The molecule has 2 saturated heterocycles. The summed E-state index contributed by atoms with van der Waals surface area (Å²) in [4.78, 5) is 22.0. The summed E-state index contributed by atoms with van der Waals surface area (Å²) < 4.78 is 42.7. The molecule has 0 bridgehead atoms. The second-order valence-corrected chi connectivity index (χ2v) is 8.35. The van der Waals surface area contributed by atoms with Crippen molar-refractivity contribution in [2.24, 2.45) is 5.92 Å². The number of piperidine rings is 1. The van der Waals surface area contributed by atoms with E-state index in [1.807, 2.05) is 4.90 Å². The molecule has 0 atom stereocenters. The quantitative estimate of drug-likeness (QED) is 0.704. The second-order valence-electron chi connectivity index (χ2n) is 8.35. The standard InChI is InChI=1S/C22H25F3N4O3/c23-22(24,25)18-11-27-20(28-12-18)26-8-5-15-6-9-29(10-7-15)19(30)16-1-3-17(4-2-16)21(31)13-32-14-21/h1-4,11-12,15,31H,5-10,13-14H2,(H,26,27,28). The summed E-state index contributed by atoms with van der Waals surface area (Å²) in [6.45, 7) is 2.40. The van der Waals surface area contributed by atoms with Gasteiger partial charge in [-0.05, 0) is 42.9 Å². The van der Waals surface area contributed by atoms with E-state index >= 15 is 0 Å². The molecule has 0 aliphatic carbocycles. The third kappa shape index (κ3) is 5.02. The van der Waals surface area contributed by atoms with E-state index in [9.17, 15) is 23.1 Å². The van der Waals surface area contributed by atoms with Crippen LogP contribution in [0.15, 0.2) is 36.7 Å². The third-order valence-corrected chi connectivity index (χ3v) is 6.07. The Kier molecular flexibility index (Phi) is 6.34. The summed E-state index contributed by atoms with van der Waals surface area (Å²) in [5, 5.41) is 13.3. The lowest BCUT2D eigenvalue weighted by Crippen LogP contribution is -2.46. The van der Waals surface area contributed by atoms with Gasteiger partial charge in [-0.3, -0.25) is 4.79 Å². The first-order valence-electron chi connectivity index (χ1n) is 10.6. The minimum atomic E-state index is -4.45. The van der Waals surface area contributed by atoms with Crippen molar-refractivity contribution in [1.82, 2.24) is 14.9 Å². The van der Waals surface area contributed by atoms with E-state index < -0.39 is 17.3 Å². The Morgan fingerprint density at radius 2 is 1.78 bits per heavy atom. The SMILES string of the molecule is O=C(c1ccc(C2(O)COC2)cc1)N1CCC(CCNc2ncc(C(F)(F)F)cn2)CC1. The van der Waals surface area contributed by atoms with Crippen molar-refractivity contribution < 1.29 is 27.8 Å². The lowest BCUT2D eigenvalue weighted by Gasteiger charge is -2.37. The van der Waals surface area contributed by atoms with Crippen molar-refractivity contribution in [3.8, 4) is 0 Å². The van der Waals surface area contributed by atoms with Crippen LogP contribution >= 0.6 is 0 Å². The van der Waals surface area contributed by atoms with Crippen LogP contribution in [0.3, 0.4) is 0 Å². The monoisotopic (exact) mass is 450 g/mol. The Balaban J connectivity index is 1.20. The van der Waals surface area contributed by atoms with E-state index in [-0.39, 0.29) is 25.1 Å². The van der Waals surface area contributed by atoms with Gasteiger partial charge in [-0.15, -0.1) is 0 Å². The van der Waals surface area contributed by atoms with Gasteiger partial charge in [0.05, 0.1) is 18.8 Å². The number of aliphatic hydroxyl groups is 1. The summed E-state index contributed by atoms with van der Waals surface area (Å²) in [7, 11) is 0. The molecular weight excluding hydrogens is 425 g/mol. The number of ether oxygens (including phenoxy) is 1. The molecule has 0 spiro atoms. The minimum Gasteiger partial charge on any atom is -0.380 e. The first-order chi connectivity index (χ1) is 15.2. The summed E-state index contributed by atoms with van der Waals surface area (Å²) in [5.74, 6) is 0.562. The van der Waals surface area contributed by atoms with Crippen LogP contribution in [0.5, 0.6) is 0 Å². The van der Waals surface area contributed by atoms with Crippen LogP contribution in [0, 0.1) is 5.92 Å². The maximum atomic E-state index is 12.8. The minimum absolute atomic E-state index is 0.0249. The molecule has 2 aromatic rings. The van der Waals surface area contributed by atoms with Crippen molar-refractivity contribution in [3.05, 3.63) is 53.3 Å². The lowest BCUT2D eigenvalue weighted by atomic mass is 9.91. The maximum absolute atomic E-state index is 12.8. The molecule has 1 aromatic heterocycles. The van der Waals surface area contributed by atoms with E-state index in [0.717, 1.165) is 37.2 Å². The highest BCUT2D eigenvalue weighted by Gasteiger charge is 2.38. The van der Waals surface area contributed by atoms with Gasteiger partial charge in [-0.25, -0.2) is 9.97 Å². The van der Waals surface area contributed by atoms with Crippen LogP contribution in [-0.4, -0.2) is 58.7 Å². The Bertz CT molecular complexity index is 923. The van der Waals surface area contributed by atoms with E-state index in [4.69, 9.17) is 4.74 Å². The number of carbonyl (C=O) groups excluding carboxylic acids is 1. The zero-order valence-corrected chi connectivity index (χ0v) is 17.4. The molecule has 0 radical (unpaired) electrons. The number of anilines is 1. The molecule has 32 heavy (non-hydrogen) atoms. The normalized spacial score (nSPS) is 18.8. The lowest BCUT2D eigenvalue weighted by molar-refractivity contribution is -0.184. The van der Waals surface area contributed by atoms with E-state index in [1.165, 1.54) is 0 Å². The fraction of sp³-hybridized carbons (Fsp3) is 0.500. The van der Waals surface area contributed by atoms with Crippen LogP contribution in [0.2, 0.25) is 0 Å². The van der Waals surface area contributed by atoms with Gasteiger partial charge in [0.25, 0.3) is 5.91 Å². The molecule has 10 heteroatoms. The van der Waals surface area contributed by atoms with Crippen molar-refractivity contribution in [1.29, 1.82) is 0 Å². The van der Waals surface area contributed by atoms with Gasteiger partial charge >= 0.3 is 6.18 Å². The molecule has 7 nitrogen and oxygen atoms in total. The van der Waals surface area contributed by atoms with Gasteiger partial charge in [0.15, 0.2) is 0 Å². The van der Waals surface area contributed by atoms with Crippen molar-refractivity contribution >= 4 is 11.9 Å². The number of hydrogen-bond acceptors (Lipinski definition) is 6. The zero-order chi connectivity index (χ0) is 22.8. The molecule has 2 aliphatic rings. The topological polar surface area (TPSA) is 87.6 Å². The summed E-state index contributed by atoms with van der Waals surface area (Å²) in [6.07, 6.45) is -0.369.